The highest BCUT2D eigenvalue weighted by molar-refractivity contribution is 5.25. The third-order valence-corrected chi connectivity index (χ3v) is 4.34. The molecule has 1 aliphatic rings. The molecular weight excluding hydrogens is 266 g/mol. The molecule has 5 N–H and O–H groups in total. The topological polar surface area (TPSA) is 131 Å². The number of ether oxygens (including phenoxy) is 1. The van der Waals surface area contributed by atoms with Crippen molar-refractivity contribution in [1.82, 2.24) is 9.55 Å². The second kappa shape index (κ2) is 4.26. The summed E-state index contributed by atoms with van der Waals surface area (Å²) in [5.41, 5.74) is -0.480. The zero-order chi connectivity index (χ0) is 15.3. The Morgan fingerprint density at radius 3 is 2.50 bits per heavy atom. The van der Waals surface area contributed by atoms with Crippen molar-refractivity contribution in [3.05, 3.63) is 22.7 Å². The fourth-order valence-electron chi connectivity index (χ4n) is 2.54. The molecule has 2 heterocycles. The van der Waals surface area contributed by atoms with Crippen LogP contribution in [0.5, 0.6) is 0 Å². The lowest BCUT2D eigenvalue weighted by molar-refractivity contribution is -0.189. The molecule has 1 aromatic rings. The highest BCUT2D eigenvalue weighted by Crippen LogP contribution is 2.48. The Labute approximate surface area is 115 Å². The normalized spacial score (nSPS) is 41.0. The van der Waals surface area contributed by atoms with Gasteiger partial charge in [0.05, 0.1) is 6.61 Å². The van der Waals surface area contributed by atoms with Crippen LogP contribution in [-0.2, 0) is 10.5 Å². The van der Waals surface area contributed by atoms with Gasteiger partial charge in [-0.3, -0.25) is 4.57 Å². The fraction of sp³-hybridized carbons (Fsp3) is 0.667. The number of aliphatic hydroxyl groups excluding tert-OH is 1. The van der Waals surface area contributed by atoms with Crippen LogP contribution in [0.2, 0.25) is 0 Å². The predicted octanol–water partition coefficient (Wildman–Crippen LogP) is -1.61. The first-order valence-corrected chi connectivity index (χ1v) is 6.17. The molecule has 0 amide bonds. The van der Waals surface area contributed by atoms with Crippen molar-refractivity contribution in [3.8, 4) is 0 Å². The van der Waals surface area contributed by atoms with Crippen molar-refractivity contribution in [1.29, 1.82) is 0 Å². The lowest BCUT2D eigenvalue weighted by Gasteiger charge is -2.41. The molecule has 0 saturated carbocycles. The molecule has 2 rings (SSSR count). The first kappa shape index (κ1) is 14.9. The number of nitrogens with zero attached hydrogens (tertiary/aromatic N) is 2. The van der Waals surface area contributed by atoms with E-state index in [1.807, 2.05) is 0 Å². The minimum atomic E-state index is -1.84. The fourth-order valence-corrected chi connectivity index (χ4v) is 2.54. The van der Waals surface area contributed by atoms with E-state index in [1.165, 1.54) is 33.0 Å². The molecule has 0 spiro atoms. The van der Waals surface area contributed by atoms with Gasteiger partial charge in [-0.15, -0.1) is 0 Å². The molecule has 0 bridgehead atoms. The molecule has 8 nitrogen and oxygen atoms in total. The first-order chi connectivity index (χ1) is 9.08. The Morgan fingerprint density at radius 1 is 1.45 bits per heavy atom. The van der Waals surface area contributed by atoms with Crippen molar-refractivity contribution in [2.45, 2.75) is 43.8 Å². The van der Waals surface area contributed by atoms with Gasteiger partial charge < -0.3 is 25.8 Å². The predicted molar refractivity (Wildman–Crippen MR) is 69.8 cm³/mol. The first-order valence-electron chi connectivity index (χ1n) is 6.17. The monoisotopic (exact) mass is 285 g/mol. The zero-order valence-corrected chi connectivity index (χ0v) is 11.6. The van der Waals surface area contributed by atoms with Crippen molar-refractivity contribution in [2.24, 2.45) is 0 Å². The second-order valence-corrected chi connectivity index (χ2v) is 5.50. The number of rotatable bonds is 2. The van der Waals surface area contributed by atoms with Gasteiger partial charge in [0.15, 0.2) is 5.72 Å². The van der Waals surface area contributed by atoms with E-state index in [0.29, 0.717) is 0 Å². The second-order valence-electron chi connectivity index (χ2n) is 5.50. The van der Waals surface area contributed by atoms with Crippen LogP contribution in [0.4, 0.5) is 5.82 Å². The van der Waals surface area contributed by atoms with Gasteiger partial charge in [0, 0.05) is 6.20 Å². The van der Waals surface area contributed by atoms with E-state index < -0.39 is 35.3 Å². The molecule has 8 heteroatoms. The Bertz CT molecular complexity index is 583. The van der Waals surface area contributed by atoms with Gasteiger partial charge in [-0.1, -0.05) is 0 Å². The van der Waals surface area contributed by atoms with E-state index in [1.54, 1.807) is 0 Å². The van der Waals surface area contributed by atoms with Gasteiger partial charge in [0.2, 0.25) is 0 Å². The van der Waals surface area contributed by atoms with Crippen LogP contribution < -0.4 is 11.4 Å². The molecule has 1 fully saturated rings. The third-order valence-electron chi connectivity index (χ3n) is 4.34. The quantitative estimate of drug-likeness (QED) is 0.514. The van der Waals surface area contributed by atoms with Crippen LogP contribution in [-0.4, -0.2) is 48.8 Å². The summed E-state index contributed by atoms with van der Waals surface area (Å²) in [6, 6.07) is 1.38. The summed E-state index contributed by atoms with van der Waals surface area (Å²) in [4.78, 5) is 15.5. The summed E-state index contributed by atoms with van der Waals surface area (Å²) in [6.07, 6.45) is 0.279. The summed E-state index contributed by atoms with van der Waals surface area (Å²) < 4.78 is 6.62. The molecule has 1 aliphatic heterocycles. The van der Waals surface area contributed by atoms with Gasteiger partial charge in [0.25, 0.3) is 0 Å². The molecule has 0 aliphatic carbocycles. The van der Waals surface area contributed by atoms with E-state index in [0.717, 1.165) is 4.57 Å². The van der Waals surface area contributed by atoms with Crippen LogP contribution in [0.1, 0.15) is 20.8 Å². The summed E-state index contributed by atoms with van der Waals surface area (Å²) in [6.45, 7) is 3.62. The summed E-state index contributed by atoms with van der Waals surface area (Å²) >= 11 is 0. The van der Waals surface area contributed by atoms with Crippen LogP contribution in [0, 0.1) is 0 Å². The highest BCUT2D eigenvalue weighted by atomic mass is 16.6. The minimum absolute atomic E-state index is 0.0398. The molecule has 1 saturated heterocycles. The van der Waals surface area contributed by atoms with E-state index in [2.05, 4.69) is 4.98 Å². The standard InChI is InChI=1S/C12H19N3O5/c1-10(18)7(6-16)20-12(3,11(10,2)19)15-5-4-8(13)14-9(15)17/h4-5,7,16,18-19H,6H2,1-3H3,(H2,13,14,17)/t7-,10-,11-,12-/m1/s1. The van der Waals surface area contributed by atoms with Crippen molar-refractivity contribution >= 4 is 5.82 Å². The van der Waals surface area contributed by atoms with Crippen LogP contribution in [0.15, 0.2) is 17.1 Å². The van der Waals surface area contributed by atoms with Gasteiger partial charge >= 0.3 is 5.69 Å². The Kier molecular flexibility index (Phi) is 3.17. The molecule has 20 heavy (non-hydrogen) atoms. The summed E-state index contributed by atoms with van der Waals surface area (Å²) in [5, 5.41) is 30.4. The molecule has 0 radical (unpaired) electrons. The molecule has 112 valence electrons. The van der Waals surface area contributed by atoms with Crippen LogP contribution >= 0.6 is 0 Å². The Morgan fingerprint density at radius 2 is 2.05 bits per heavy atom. The Balaban J connectivity index is 2.63. The van der Waals surface area contributed by atoms with Crippen molar-refractivity contribution in [3.63, 3.8) is 0 Å². The van der Waals surface area contributed by atoms with Gasteiger partial charge in [-0.2, -0.15) is 4.98 Å². The number of aliphatic hydroxyl groups is 3. The van der Waals surface area contributed by atoms with Crippen molar-refractivity contribution in [2.75, 3.05) is 12.3 Å². The third kappa shape index (κ3) is 1.69. The molecular formula is C12H19N3O5. The maximum atomic E-state index is 12.0. The molecule has 1 aromatic heterocycles. The van der Waals surface area contributed by atoms with E-state index in [9.17, 15) is 20.1 Å². The zero-order valence-electron chi connectivity index (χ0n) is 11.6. The molecule has 0 aromatic carbocycles. The number of anilines is 1. The number of nitrogens with two attached hydrogens (primary N) is 1. The van der Waals surface area contributed by atoms with E-state index in [4.69, 9.17) is 10.5 Å². The number of nitrogen functional groups attached to an aromatic ring is 1. The van der Waals surface area contributed by atoms with Crippen LogP contribution in [0.25, 0.3) is 0 Å². The lowest BCUT2D eigenvalue weighted by atomic mass is 9.78. The number of aromatic nitrogens is 2. The summed E-state index contributed by atoms with van der Waals surface area (Å²) in [7, 11) is 0. The van der Waals surface area contributed by atoms with Gasteiger partial charge in [-0.05, 0) is 26.8 Å². The minimum Gasteiger partial charge on any atom is -0.394 e. The molecule has 0 unspecified atom stereocenters. The SMILES string of the molecule is C[C@]1(O)[C@](C)(n2ccc(N)nc2=O)O[C@H](CO)[C@@]1(C)O. The van der Waals surface area contributed by atoms with Crippen LogP contribution in [0.3, 0.4) is 0 Å². The average molecular weight is 285 g/mol. The maximum absolute atomic E-state index is 12.0. The van der Waals surface area contributed by atoms with Crippen molar-refractivity contribution < 1.29 is 20.1 Å². The Hall–Kier alpha value is -1.48. The number of hydrogen-bond donors (Lipinski definition) is 4. The smallest absolute Gasteiger partial charge is 0.351 e. The number of hydrogen-bond acceptors (Lipinski definition) is 7. The van der Waals surface area contributed by atoms with Gasteiger partial charge in [-0.25, -0.2) is 4.79 Å². The molecule has 4 atom stereocenters. The lowest BCUT2D eigenvalue weighted by Crippen LogP contribution is -2.62. The van der Waals surface area contributed by atoms with E-state index >= 15 is 0 Å². The largest absolute Gasteiger partial charge is 0.394 e. The average Bonchev–Trinajstić information content (AvgIpc) is 2.47. The van der Waals surface area contributed by atoms with Gasteiger partial charge in [0.1, 0.15) is 23.1 Å². The maximum Gasteiger partial charge on any atom is 0.351 e. The summed E-state index contributed by atoms with van der Waals surface area (Å²) in [5.74, 6) is 0.0398. The van der Waals surface area contributed by atoms with E-state index in [-0.39, 0.29) is 5.82 Å². The highest BCUT2D eigenvalue weighted by Gasteiger charge is 2.67.